The maximum atomic E-state index is 9.82. The molecule has 0 aliphatic rings. The fraction of sp³-hybridized carbons (Fsp3) is 0.385. The van der Waals surface area contributed by atoms with Crippen molar-refractivity contribution in [1.82, 2.24) is 0 Å². The molecule has 0 fully saturated rings. The highest BCUT2D eigenvalue weighted by molar-refractivity contribution is 5.80. The number of furan rings is 1. The minimum absolute atomic E-state index is 0.273. The first-order valence-electron chi connectivity index (χ1n) is 5.47. The Morgan fingerprint density at radius 2 is 2.25 bits per heavy atom. The maximum absolute atomic E-state index is 9.82. The molecule has 0 saturated heterocycles. The van der Waals surface area contributed by atoms with Crippen molar-refractivity contribution in [2.75, 3.05) is 13.2 Å². The zero-order chi connectivity index (χ0) is 11.5. The van der Waals surface area contributed by atoms with Crippen LogP contribution in [0.3, 0.4) is 0 Å². The van der Waals surface area contributed by atoms with Crippen molar-refractivity contribution in [1.29, 1.82) is 0 Å². The highest BCUT2D eigenvalue weighted by Gasteiger charge is 2.13. The van der Waals surface area contributed by atoms with Gasteiger partial charge in [-0.25, -0.2) is 0 Å². The topological polar surface area (TPSA) is 42.6 Å². The van der Waals surface area contributed by atoms with Crippen LogP contribution in [0.15, 0.2) is 28.7 Å². The third-order valence-electron chi connectivity index (χ3n) is 2.57. The van der Waals surface area contributed by atoms with Crippen molar-refractivity contribution in [3.63, 3.8) is 0 Å². The second-order valence-electron chi connectivity index (χ2n) is 3.82. The Bertz CT molecular complexity index is 473. The van der Waals surface area contributed by atoms with Crippen LogP contribution in [-0.4, -0.2) is 18.3 Å². The summed E-state index contributed by atoms with van der Waals surface area (Å²) in [5.74, 6) is 0.567. The van der Waals surface area contributed by atoms with Crippen molar-refractivity contribution >= 4 is 11.0 Å². The zero-order valence-electron chi connectivity index (χ0n) is 9.56. The fourth-order valence-electron chi connectivity index (χ4n) is 1.70. The second-order valence-corrected chi connectivity index (χ2v) is 3.82. The molecule has 0 saturated carbocycles. The predicted molar refractivity (Wildman–Crippen MR) is 62.4 cm³/mol. The summed E-state index contributed by atoms with van der Waals surface area (Å²) >= 11 is 0. The molecule has 0 aliphatic carbocycles. The van der Waals surface area contributed by atoms with E-state index in [0.717, 1.165) is 16.5 Å². The molecule has 3 nitrogen and oxygen atoms in total. The van der Waals surface area contributed by atoms with E-state index in [-0.39, 0.29) is 6.61 Å². The Balaban J connectivity index is 2.29. The van der Waals surface area contributed by atoms with E-state index in [9.17, 15) is 5.11 Å². The molecule has 0 aliphatic heterocycles. The van der Waals surface area contributed by atoms with Crippen LogP contribution >= 0.6 is 0 Å². The molecule has 1 unspecified atom stereocenters. The first-order chi connectivity index (χ1) is 7.72. The third kappa shape index (κ3) is 2.10. The molecule has 1 heterocycles. The molecule has 0 amide bonds. The Hall–Kier alpha value is -1.32. The smallest absolute Gasteiger partial charge is 0.137 e. The van der Waals surface area contributed by atoms with Gasteiger partial charge in [0.25, 0.3) is 0 Å². The molecule has 0 spiro atoms. The zero-order valence-corrected chi connectivity index (χ0v) is 9.56. The Kier molecular flexibility index (Phi) is 3.27. The Labute approximate surface area is 94.6 Å². The quantitative estimate of drug-likeness (QED) is 0.861. The number of aryl methyl sites for hydroxylation is 1. The van der Waals surface area contributed by atoms with Crippen LogP contribution in [0.5, 0.6) is 0 Å². The van der Waals surface area contributed by atoms with Crippen LogP contribution in [0.1, 0.15) is 24.4 Å². The van der Waals surface area contributed by atoms with Gasteiger partial charge in [0, 0.05) is 12.0 Å². The molecule has 1 aromatic heterocycles. The van der Waals surface area contributed by atoms with Crippen molar-refractivity contribution in [3.05, 3.63) is 35.6 Å². The molecule has 2 aromatic rings. The Morgan fingerprint density at radius 3 is 2.94 bits per heavy atom. The van der Waals surface area contributed by atoms with Gasteiger partial charge in [-0.05, 0) is 25.5 Å². The maximum Gasteiger partial charge on any atom is 0.137 e. The molecule has 1 atom stereocenters. The molecule has 0 bridgehead atoms. The standard InChI is InChI=1S/C13H16O3/c1-3-15-8-11(14)12-7-10-6-4-5-9(2)13(10)16-12/h4-7,11,14H,3,8H2,1-2H3. The van der Waals surface area contributed by atoms with E-state index in [1.165, 1.54) is 0 Å². The number of ether oxygens (including phenoxy) is 1. The van der Waals surface area contributed by atoms with Crippen molar-refractivity contribution < 1.29 is 14.3 Å². The lowest BCUT2D eigenvalue weighted by atomic mass is 10.2. The molecule has 16 heavy (non-hydrogen) atoms. The summed E-state index contributed by atoms with van der Waals surface area (Å²) in [6, 6.07) is 7.81. The van der Waals surface area contributed by atoms with E-state index >= 15 is 0 Å². The van der Waals surface area contributed by atoms with Gasteiger partial charge in [-0.1, -0.05) is 18.2 Å². The van der Waals surface area contributed by atoms with E-state index in [1.807, 2.05) is 38.1 Å². The highest BCUT2D eigenvalue weighted by atomic mass is 16.5. The van der Waals surface area contributed by atoms with Crippen LogP contribution in [-0.2, 0) is 4.74 Å². The summed E-state index contributed by atoms with van der Waals surface area (Å²) in [6.45, 7) is 4.76. The van der Waals surface area contributed by atoms with Gasteiger partial charge in [0.15, 0.2) is 0 Å². The number of rotatable bonds is 4. The number of fused-ring (bicyclic) bond motifs is 1. The molecule has 1 aromatic carbocycles. The molecule has 86 valence electrons. The number of aliphatic hydroxyl groups is 1. The molecular weight excluding hydrogens is 204 g/mol. The predicted octanol–water partition coefficient (Wildman–Crippen LogP) is 2.81. The lowest BCUT2D eigenvalue weighted by Gasteiger charge is -2.06. The fourth-order valence-corrected chi connectivity index (χ4v) is 1.70. The number of hydrogen-bond acceptors (Lipinski definition) is 3. The summed E-state index contributed by atoms with van der Waals surface area (Å²) < 4.78 is 10.8. The van der Waals surface area contributed by atoms with Crippen LogP contribution in [0, 0.1) is 6.92 Å². The number of benzene rings is 1. The molecule has 3 heteroatoms. The molecule has 0 radical (unpaired) electrons. The minimum Gasteiger partial charge on any atom is -0.458 e. The number of hydrogen-bond donors (Lipinski definition) is 1. The van der Waals surface area contributed by atoms with Crippen LogP contribution < -0.4 is 0 Å². The number of aliphatic hydroxyl groups excluding tert-OH is 1. The highest BCUT2D eigenvalue weighted by Crippen LogP contribution is 2.26. The van der Waals surface area contributed by atoms with Gasteiger partial charge in [0.05, 0.1) is 6.61 Å². The summed E-state index contributed by atoms with van der Waals surface area (Å²) in [7, 11) is 0. The van der Waals surface area contributed by atoms with E-state index < -0.39 is 6.10 Å². The lowest BCUT2D eigenvalue weighted by Crippen LogP contribution is -2.05. The lowest BCUT2D eigenvalue weighted by molar-refractivity contribution is 0.0312. The van der Waals surface area contributed by atoms with Crippen molar-refractivity contribution in [2.24, 2.45) is 0 Å². The SMILES string of the molecule is CCOCC(O)c1cc2cccc(C)c2o1. The summed E-state index contributed by atoms with van der Waals surface area (Å²) in [4.78, 5) is 0. The van der Waals surface area contributed by atoms with Gasteiger partial charge in [-0.2, -0.15) is 0 Å². The average molecular weight is 220 g/mol. The largest absolute Gasteiger partial charge is 0.458 e. The summed E-state index contributed by atoms with van der Waals surface area (Å²) in [5.41, 5.74) is 1.92. The monoisotopic (exact) mass is 220 g/mol. The molecule has 1 N–H and O–H groups in total. The van der Waals surface area contributed by atoms with Gasteiger partial charge in [-0.15, -0.1) is 0 Å². The summed E-state index contributed by atoms with van der Waals surface area (Å²) in [6.07, 6.45) is -0.688. The normalized spacial score (nSPS) is 13.2. The molecular formula is C13H16O3. The van der Waals surface area contributed by atoms with E-state index in [1.54, 1.807) is 0 Å². The van der Waals surface area contributed by atoms with Gasteiger partial charge < -0.3 is 14.3 Å². The van der Waals surface area contributed by atoms with E-state index in [0.29, 0.717) is 12.4 Å². The van der Waals surface area contributed by atoms with Gasteiger partial charge in [0.1, 0.15) is 17.4 Å². The van der Waals surface area contributed by atoms with Crippen LogP contribution in [0.25, 0.3) is 11.0 Å². The van der Waals surface area contributed by atoms with Crippen LogP contribution in [0.4, 0.5) is 0 Å². The minimum atomic E-state index is -0.688. The van der Waals surface area contributed by atoms with E-state index in [4.69, 9.17) is 9.15 Å². The van der Waals surface area contributed by atoms with Crippen LogP contribution in [0.2, 0.25) is 0 Å². The average Bonchev–Trinajstić information content (AvgIpc) is 2.71. The van der Waals surface area contributed by atoms with Gasteiger partial charge >= 0.3 is 0 Å². The molecule has 2 rings (SSSR count). The Morgan fingerprint density at radius 1 is 1.44 bits per heavy atom. The van der Waals surface area contributed by atoms with Crippen molar-refractivity contribution in [2.45, 2.75) is 20.0 Å². The van der Waals surface area contributed by atoms with E-state index in [2.05, 4.69) is 0 Å². The first kappa shape index (κ1) is 11.2. The number of para-hydroxylation sites is 1. The van der Waals surface area contributed by atoms with Crippen molar-refractivity contribution in [3.8, 4) is 0 Å². The second kappa shape index (κ2) is 4.68. The third-order valence-corrected chi connectivity index (χ3v) is 2.57. The summed E-state index contributed by atoms with van der Waals surface area (Å²) in [5, 5.41) is 10.8. The van der Waals surface area contributed by atoms with Gasteiger partial charge in [-0.3, -0.25) is 0 Å². The van der Waals surface area contributed by atoms with Gasteiger partial charge in [0.2, 0.25) is 0 Å². The first-order valence-corrected chi connectivity index (χ1v) is 5.47.